The molecule has 2 aromatic heterocycles. The van der Waals surface area contributed by atoms with Gasteiger partial charge in [-0.15, -0.1) is 5.10 Å². The number of nitrogens with zero attached hydrogens (tertiary/aromatic N) is 4. The summed E-state index contributed by atoms with van der Waals surface area (Å²) >= 11 is 0. The van der Waals surface area contributed by atoms with Gasteiger partial charge in [0.15, 0.2) is 5.82 Å². The first kappa shape index (κ1) is 21.8. The fraction of sp³-hybridized carbons (Fsp3) is 0.136. The minimum atomic E-state index is -0.849. The molecule has 2 amide bonds. The van der Waals surface area contributed by atoms with Crippen molar-refractivity contribution in [2.24, 2.45) is 5.73 Å². The lowest BCUT2D eigenvalue weighted by Gasteiger charge is -2.09. The van der Waals surface area contributed by atoms with E-state index in [1.165, 1.54) is 47.1 Å². The van der Waals surface area contributed by atoms with E-state index < -0.39 is 17.6 Å². The number of nitrogens with one attached hydrogen (secondary N) is 1. The molecule has 4 rings (SSSR count). The summed E-state index contributed by atoms with van der Waals surface area (Å²) in [5.41, 5.74) is 5.90. The van der Waals surface area contributed by atoms with Crippen molar-refractivity contribution in [3.63, 3.8) is 0 Å². The number of hydrogen-bond acceptors (Lipinski definition) is 6. The second-order valence-electron chi connectivity index (χ2n) is 7.08. The Morgan fingerprint density at radius 2 is 1.82 bits per heavy atom. The van der Waals surface area contributed by atoms with Gasteiger partial charge in [-0.2, -0.15) is 0 Å². The molecule has 33 heavy (non-hydrogen) atoms. The minimum Gasteiger partial charge on any atom is -0.492 e. The van der Waals surface area contributed by atoms with Crippen LogP contribution in [0.2, 0.25) is 0 Å². The van der Waals surface area contributed by atoms with Gasteiger partial charge in [0, 0.05) is 11.5 Å². The predicted octanol–water partition coefficient (Wildman–Crippen LogP) is 2.84. The van der Waals surface area contributed by atoms with Crippen LogP contribution in [0.15, 0.2) is 48.5 Å². The van der Waals surface area contributed by atoms with Crippen molar-refractivity contribution in [2.45, 2.75) is 13.5 Å². The van der Waals surface area contributed by atoms with Gasteiger partial charge in [-0.3, -0.25) is 9.59 Å². The van der Waals surface area contributed by atoms with Crippen LogP contribution in [-0.4, -0.2) is 38.4 Å². The molecule has 9 nitrogen and oxygen atoms in total. The van der Waals surface area contributed by atoms with Crippen LogP contribution in [0.5, 0.6) is 5.75 Å². The lowest BCUT2D eigenvalue weighted by molar-refractivity contribution is 0.0996. The second kappa shape index (κ2) is 8.99. The normalized spacial score (nSPS) is 10.9. The molecule has 0 spiro atoms. The van der Waals surface area contributed by atoms with Gasteiger partial charge in [0.2, 0.25) is 0 Å². The lowest BCUT2D eigenvalue weighted by atomic mass is 10.1. The molecule has 2 aromatic carbocycles. The molecular formula is C22H18F2N6O3. The third-order valence-corrected chi connectivity index (χ3v) is 4.87. The number of halogens is 2. The van der Waals surface area contributed by atoms with Gasteiger partial charge in [0.05, 0.1) is 23.3 Å². The van der Waals surface area contributed by atoms with Crippen LogP contribution < -0.4 is 15.8 Å². The number of nitrogens with two attached hydrogens (primary N) is 1. The minimum absolute atomic E-state index is 0.0855. The molecule has 0 saturated carbocycles. The Balaban J connectivity index is 1.51. The smallest absolute Gasteiger partial charge is 0.267 e. The van der Waals surface area contributed by atoms with Gasteiger partial charge in [0.1, 0.15) is 29.7 Å². The summed E-state index contributed by atoms with van der Waals surface area (Å²) in [7, 11) is 0. The van der Waals surface area contributed by atoms with Crippen molar-refractivity contribution in [3.05, 3.63) is 77.1 Å². The summed E-state index contributed by atoms with van der Waals surface area (Å²) < 4.78 is 33.7. The largest absolute Gasteiger partial charge is 0.492 e. The summed E-state index contributed by atoms with van der Waals surface area (Å²) in [6, 6.07) is 10.6. The van der Waals surface area contributed by atoms with Crippen LogP contribution in [0.1, 0.15) is 26.5 Å². The summed E-state index contributed by atoms with van der Waals surface area (Å²) in [5.74, 6) is -1.65. The first-order chi connectivity index (χ1) is 15.8. The maximum Gasteiger partial charge on any atom is 0.267 e. The maximum atomic E-state index is 13.6. The van der Waals surface area contributed by atoms with Crippen LogP contribution in [0.4, 0.5) is 14.6 Å². The molecule has 0 aliphatic heterocycles. The summed E-state index contributed by atoms with van der Waals surface area (Å²) in [6.45, 7) is 2.28. The molecule has 2 heterocycles. The van der Waals surface area contributed by atoms with Crippen molar-refractivity contribution in [2.75, 3.05) is 11.9 Å². The molecule has 0 atom stereocenters. The fourth-order valence-corrected chi connectivity index (χ4v) is 3.16. The number of amides is 2. The molecule has 0 unspecified atom stereocenters. The van der Waals surface area contributed by atoms with Gasteiger partial charge < -0.3 is 15.8 Å². The Kier molecular flexibility index (Phi) is 5.94. The number of primary amides is 1. The fourth-order valence-electron chi connectivity index (χ4n) is 3.16. The van der Waals surface area contributed by atoms with E-state index in [0.29, 0.717) is 23.4 Å². The van der Waals surface area contributed by atoms with E-state index in [1.54, 1.807) is 6.92 Å². The van der Waals surface area contributed by atoms with Crippen LogP contribution in [0.25, 0.3) is 10.9 Å². The number of ether oxygens (including phenoxy) is 1. The van der Waals surface area contributed by atoms with Gasteiger partial charge in [-0.1, -0.05) is 5.21 Å². The topological polar surface area (TPSA) is 125 Å². The van der Waals surface area contributed by atoms with E-state index in [4.69, 9.17) is 10.5 Å². The van der Waals surface area contributed by atoms with Crippen molar-refractivity contribution in [1.82, 2.24) is 20.0 Å². The van der Waals surface area contributed by atoms with Crippen LogP contribution in [0, 0.1) is 18.6 Å². The zero-order valence-electron chi connectivity index (χ0n) is 17.4. The molecule has 0 saturated heterocycles. The summed E-state index contributed by atoms with van der Waals surface area (Å²) in [5, 5.41) is 11.0. The van der Waals surface area contributed by atoms with E-state index in [9.17, 15) is 18.4 Å². The number of anilines is 1. The summed E-state index contributed by atoms with van der Waals surface area (Å²) in [6.07, 6.45) is 0. The Labute approximate surface area is 186 Å². The molecule has 0 aliphatic carbocycles. The lowest BCUT2D eigenvalue weighted by Crippen LogP contribution is -2.18. The standard InChI is InChI=1S/C22H18F2N6O3/c1-12-21(28-29-30(12)8-9-33-15-5-2-13(23)3-6-15)27-22(32)17-11-19(20(25)31)26-18-10-14(24)4-7-16(17)18/h2-7,10-11H,8-9H2,1H3,(H2,25,31)(H,27,32). The third kappa shape index (κ3) is 4.76. The van der Waals surface area contributed by atoms with Gasteiger partial charge >= 0.3 is 0 Å². The average Bonchev–Trinajstić information content (AvgIpc) is 3.13. The Hall–Kier alpha value is -4.41. The number of rotatable bonds is 7. The van der Waals surface area contributed by atoms with Gasteiger partial charge in [0.25, 0.3) is 11.8 Å². The molecule has 0 bridgehead atoms. The van der Waals surface area contributed by atoms with Crippen molar-refractivity contribution in [3.8, 4) is 5.75 Å². The van der Waals surface area contributed by atoms with E-state index in [-0.39, 0.29) is 35.0 Å². The monoisotopic (exact) mass is 452 g/mol. The van der Waals surface area contributed by atoms with Gasteiger partial charge in [-0.25, -0.2) is 18.4 Å². The number of benzene rings is 2. The molecular weight excluding hydrogens is 434 g/mol. The Morgan fingerprint density at radius 3 is 2.55 bits per heavy atom. The highest BCUT2D eigenvalue weighted by atomic mass is 19.1. The average molecular weight is 452 g/mol. The highest BCUT2D eigenvalue weighted by Crippen LogP contribution is 2.22. The highest BCUT2D eigenvalue weighted by Gasteiger charge is 2.18. The predicted molar refractivity (Wildman–Crippen MR) is 115 cm³/mol. The molecule has 168 valence electrons. The molecule has 0 fully saturated rings. The van der Waals surface area contributed by atoms with Crippen LogP contribution in [-0.2, 0) is 6.54 Å². The van der Waals surface area contributed by atoms with E-state index in [0.717, 1.165) is 6.07 Å². The SMILES string of the molecule is Cc1c(NC(=O)c2cc(C(N)=O)nc3cc(F)ccc23)nnn1CCOc1ccc(F)cc1. The zero-order chi connectivity index (χ0) is 23.5. The molecule has 4 aromatic rings. The summed E-state index contributed by atoms with van der Waals surface area (Å²) in [4.78, 5) is 28.6. The Bertz CT molecular complexity index is 1350. The second-order valence-corrected chi connectivity index (χ2v) is 7.08. The number of fused-ring (bicyclic) bond motifs is 1. The van der Waals surface area contributed by atoms with Gasteiger partial charge in [-0.05, 0) is 49.4 Å². The molecule has 3 N–H and O–H groups in total. The third-order valence-electron chi connectivity index (χ3n) is 4.87. The number of carbonyl (C=O) groups is 2. The van der Waals surface area contributed by atoms with Crippen LogP contribution in [0.3, 0.4) is 0 Å². The van der Waals surface area contributed by atoms with Crippen molar-refractivity contribution >= 4 is 28.5 Å². The maximum absolute atomic E-state index is 13.6. The first-order valence-corrected chi connectivity index (χ1v) is 9.82. The number of aromatic nitrogens is 4. The molecule has 0 radical (unpaired) electrons. The van der Waals surface area contributed by atoms with E-state index in [1.807, 2.05) is 0 Å². The number of pyridine rings is 1. The number of carbonyl (C=O) groups excluding carboxylic acids is 2. The molecule has 0 aliphatic rings. The van der Waals surface area contributed by atoms with Crippen LogP contribution >= 0.6 is 0 Å². The molecule has 11 heteroatoms. The zero-order valence-corrected chi connectivity index (χ0v) is 17.4. The van der Waals surface area contributed by atoms with Crippen molar-refractivity contribution in [1.29, 1.82) is 0 Å². The van der Waals surface area contributed by atoms with E-state index >= 15 is 0 Å². The quantitative estimate of drug-likeness (QED) is 0.444. The first-order valence-electron chi connectivity index (χ1n) is 9.82. The Morgan fingerprint density at radius 1 is 1.09 bits per heavy atom. The highest BCUT2D eigenvalue weighted by molar-refractivity contribution is 6.13. The van der Waals surface area contributed by atoms with E-state index in [2.05, 4.69) is 20.6 Å². The van der Waals surface area contributed by atoms with Crippen molar-refractivity contribution < 1.29 is 23.1 Å². The number of hydrogen-bond donors (Lipinski definition) is 2.